The van der Waals surface area contributed by atoms with Crippen LogP contribution in [0.15, 0.2) is 6.07 Å². The van der Waals surface area contributed by atoms with Gasteiger partial charge in [0.15, 0.2) is 0 Å². The van der Waals surface area contributed by atoms with E-state index in [0.29, 0.717) is 16.9 Å². The summed E-state index contributed by atoms with van der Waals surface area (Å²) in [6.07, 6.45) is 0. The molecule has 0 unspecified atom stereocenters. The molecule has 16 heavy (non-hydrogen) atoms. The molecule has 1 aromatic carbocycles. The topological polar surface area (TPSA) is 139 Å². The maximum atomic E-state index is 11.2. The lowest BCUT2D eigenvalue weighted by atomic mass is 10.1. The number of fused-ring (bicyclic) bond motifs is 1. The van der Waals surface area contributed by atoms with Crippen LogP contribution in [-0.4, -0.2) is 15.6 Å². The zero-order valence-corrected chi connectivity index (χ0v) is 8.69. The molecule has 1 amide bonds. The van der Waals surface area contributed by atoms with Crippen molar-refractivity contribution in [2.45, 2.75) is 6.92 Å². The zero-order valence-electron chi connectivity index (χ0n) is 8.69. The van der Waals surface area contributed by atoms with Gasteiger partial charge in [0.1, 0.15) is 11.3 Å². The molecular weight excluding hydrogens is 208 g/mol. The Morgan fingerprint density at radius 1 is 1.44 bits per heavy atom. The molecule has 0 radical (unpaired) electrons. The van der Waals surface area contributed by atoms with Crippen LogP contribution in [0.4, 0.5) is 11.4 Å². The van der Waals surface area contributed by atoms with Crippen LogP contribution >= 0.6 is 0 Å². The van der Waals surface area contributed by atoms with Crippen LogP contribution < -0.4 is 23.0 Å². The maximum Gasteiger partial charge on any atom is 0.252 e. The normalized spacial score (nSPS) is 10.8. The highest BCUT2D eigenvalue weighted by Gasteiger charge is 2.17. The van der Waals surface area contributed by atoms with Gasteiger partial charge in [-0.05, 0) is 13.0 Å². The van der Waals surface area contributed by atoms with Crippen LogP contribution in [0.1, 0.15) is 16.2 Å². The number of carbonyl (C=O) groups excluding carboxylic acids is 1. The van der Waals surface area contributed by atoms with E-state index < -0.39 is 5.91 Å². The Morgan fingerprint density at radius 3 is 2.62 bits per heavy atom. The summed E-state index contributed by atoms with van der Waals surface area (Å²) in [5.74, 6) is 5.62. The first kappa shape index (κ1) is 10.1. The lowest BCUT2D eigenvalue weighted by Gasteiger charge is -2.06. The molecule has 7 heteroatoms. The van der Waals surface area contributed by atoms with Crippen molar-refractivity contribution < 1.29 is 4.79 Å². The number of benzene rings is 1. The fourth-order valence-corrected chi connectivity index (χ4v) is 1.67. The van der Waals surface area contributed by atoms with E-state index in [9.17, 15) is 4.79 Å². The minimum atomic E-state index is -0.680. The van der Waals surface area contributed by atoms with Crippen molar-refractivity contribution in [1.82, 2.24) is 9.66 Å². The number of nitrogens with zero attached hydrogens (tertiary/aromatic N) is 2. The SMILES string of the molecule is Cc1nc2c(N)c(C(N)=O)c(N)cc2n1N. The number of amides is 1. The molecule has 0 fully saturated rings. The van der Waals surface area contributed by atoms with Crippen molar-refractivity contribution >= 4 is 28.3 Å². The summed E-state index contributed by atoms with van der Waals surface area (Å²) in [5.41, 5.74) is 18.1. The van der Waals surface area contributed by atoms with E-state index in [2.05, 4.69) is 4.98 Å². The lowest BCUT2D eigenvalue weighted by molar-refractivity contribution is 0.100. The second kappa shape index (κ2) is 3.02. The molecule has 0 aliphatic rings. The summed E-state index contributed by atoms with van der Waals surface area (Å²) in [6, 6.07) is 1.53. The molecule has 0 bridgehead atoms. The van der Waals surface area contributed by atoms with Crippen LogP contribution in [0, 0.1) is 6.92 Å². The Morgan fingerprint density at radius 2 is 2.06 bits per heavy atom. The van der Waals surface area contributed by atoms with Crippen molar-refractivity contribution in [3.63, 3.8) is 0 Å². The summed E-state index contributed by atoms with van der Waals surface area (Å²) < 4.78 is 1.35. The van der Waals surface area contributed by atoms with Gasteiger partial charge in [0.05, 0.1) is 16.8 Å². The van der Waals surface area contributed by atoms with Crippen molar-refractivity contribution in [2.24, 2.45) is 5.73 Å². The molecule has 0 aliphatic carbocycles. The number of hydrogen-bond donors (Lipinski definition) is 4. The predicted octanol–water partition coefficient (Wildman–Crippen LogP) is -0.678. The van der Waals surface area contributed by atoms with E-state index in [0.717, 1.165) is 0 Å². The molecule has 1 aromatic heterocycles. The van der Waals surface area contributed by atoms with Gasteiger partial charge in [0.2, 0.25) is 0 Å². The van der Waals surface area contributed by atoms with Crippen molar-refractivity contribution in [3.8, 4) is 0 Å². The van der Waals surface area contributed by atoms with E-state index in [1.54, 1.807) is 6.92 Å². The van der Waals surface area contributed by atoms with E-state index in [-0.39, 0.29) is 16.9 Å². The molecule has 7 nitrogen and oxygen atoms in total. The van der Waals surface area contributed by atoms with Crippen molar-refractivity contribution in [3.05, 3.63) is 17.5 Å². The van der Waals surface area contributed by atoms with E-state index in [4.69, 9.17) is 23.0 Å². The van der Waals surface area contributed by atoms with Crippen molar-refractivity contribution in [2.75, 3.05) is 17.3 Å². The Kier molecular flexibility index (Phi) is 1.91. The fourth-order valence-electron chi connectivity index (χ4n) is 1.67. The fraction of sp³-hybridized carbons (Fsp3) is 0.111. The molecule has 84 valence electrons. The molecule has 0 atom stereocenters. The third-order valence-electron chi connectivity index (χ3n) is 2.48. The van der Waals surface area contributed by atoms with Gasteiger partial charge in [-0.2, -0.15) is 0 Å². The van der Waals surface area contributed by atoms with Crippen LogP contribution in [0.25, 0.3) is 11.0 Å². The highest BCUT2D eigenvalue weighted by Crippen LogP contribution is 2.28. The second-order valence-electron chi connectivity index (χ2n) is 3.52. The van der Waals surface area contributed by atoms with Gasteiger partial charge in [-0.15, -0.1) is 0 Å². The third kappa shape index (κ3) is 1.14. The van der Waals surface area contributed by atoms with E-state index in [1.165, 1.54) is 10.7 Å². The number of nitrogen functional groups attached to an aromatic ring is 3. The Labute approximate surface area is 91.0 Å². The Hall–Kier alpha value is -2.44. The van der Waals surface area contributed by atoms with Gasteiger partial charge in [-0.1, -0.05) is 0 Å². The molecule has 0 spiro atoms. The van der Waals surface area contributed by atoms with Crippen LogP contribution in [0.5, 0.6) is 0 Å². The van der Waals surface area contributed by atoms with Gasteiger partial charge in [0, 0.05) is 5.69 Å². The minimum Gasteiger partial charge on any atom is -0.398 e. The van der Waals surface area contributed by atoms with E-state index >= 15 is 0 Å². The number of nitrogens with two attached hydrogens (primary N) is 4. The number of aromatic nitrogens is 2. The molecule has 0 aliphatic heterocycles. The van der Waals surface area contributed by atoms with Crippen LogP contribution in [0.3, 0.4) is 0 Å². The van der Waals surface area contributed by atoms with Gasteiger partial charge in [0.25, 0.3) is 5.91 Å². The van der Waals surface area contributed by atoms with Gasteiger partial charge >= 0.3 is 0 Å². The minimum absolute atomic E-state index is 0.0885. The third-order valence-corrected chi connectivity index (χ3v) is 2.48. The average Bonchev–Trinajstić information content (AvgIpc) is 2.45. The van der Waals surface area contributed by atoms with Crippen LogP contribution in [0.2, 0.25) is 0 Å². The smallest absolute Gasteiger partial charge is 0.252 e. The summed E-state index contributed by atoms with van der Waals surface area (Å²) in [4.78, 5) is 15.3. The largest absolute Gasteiger partial charge is 0.398 e. The van der Waals surface area contributed by atoms with Gasteiger partial charge in [-0.25, -0.2) is 9.66 Å². The molecule has 8 N–H and O–H groups in total. The Bertz CT molecular complexity index is 600. The maximum absolute atomic E-state index is 11.2. The van der Waals surface area contributed by atoms with E-state index in [1.807, 2.05) is 0 Å². The number of aryl methyl sites for hydroxylation is 1. The predicted molar refractivity (Wildman–Crippen MR) is 62.0 cm³/mol. The number of primary amides is 1. The first-order chi connectivity index (χ1) is 7.43. The zero-order chi connectivity index (χ0) is 12.0. The van der Waals surface area contributed by atoms with Crippen molar-refractivity contribution in [1.29, 1.82) is 0 Å². The number of hydrogen-bond acceptors (Lipinski definition) is 5. The number of imidazole rings is 1. The van der Waals surface area contributed by atoms with Gasteiger partial charge in [-0.3, -0.25) is 4.79 Å². The molecular formula is C9H12N6O. The lowest BCUT2D eigenvalue weighted by Crippen LogP contribution is -2.17. The molecule has 2 aromatic rings. The highest BCUT2D eigenvalue weighted by atomic mass is 16.1. The molecule has 0 saturated heterocycles. The summed E-state index contributed by atoms with van der Waals surface area (Å²) in [7, 11) is 0. The number of carbonyl (C=O) groups is 1. The molecule has 0 saturated carbocycles. The number of rotatable bonds is 1. The van der Waals surface area contributed by atoms with Gasteiger partial charge < -0.3 is 23.0 Å². The summed E-state index contributed by atoms with van der Waals surface area (Å²) >= 11 is 0. The first-order valence-electron chi connectivity index (χ1n) is 4.55. The summed E-state index contributed by atoms with van der Waals surface area (Å²) in [5, 5.41) is 0. The molecule has 1 heterocycles. The monoisotopic (exact) mass is 220 g/mol. The highest BCUT2D eigenvalue weighted by molar-refractivity contribution is 6.10. The molecule has 2 rings (SSSR count). The Balaban J connectivity index is 2.94. The average molecular weight is 220 g/mol. The second-order valence-corrected chi connectivity index (χ2v) is 3.52. The summed E-state index contributed by atoms with van der Waals surface area (Å²) in [6.45, 7) is 1.72. The number of anilines is 2. The van der Waals surface area contributed by atoms with Crippen LogP contribution in [-0.2, 0) is 0 Å². The first-order valence-corrected chi connectivity index (χ1v) is 4.55. The standard InChI is InChI=1S/C9H12N6O/c1-3-14-8-5(15(3)13)2-4(10)6(7(8)11)9(12)16/h2H,10-11,13H2,1H3,(H2,12,16). The quantitative estimate of drug-likeness (QED) is 0.372.